The highest BCUT2D eigenvalue weighted by Gasteiger charge is 2.14. The fraction of sp³-hybridized carbons (Fsp3) is 0.0435. The van der Waals surface area contributed by atoms with E-state index in [4.69, 9.17) is 10.7 Å². The van der Waals surface area contributed by atoms with E-state index in [1.807, 2.05) is 67.7 Å². The van der Waals surface area contributed by atoms with Gasteiger partial charge >= 0.3 is 0 Å². The van der Waals surface area contributed by atoms with E-state index in [2.05, 4.69) is 35.9 Å². The first-order valence-electron chi connectivity index (χ1n) is 9.38. The van der Waals surface area contributed by atoms with Gasteiger partial charge in [0.1, 0.15) is 18.0 Å². The van der Waals surface area contributed by atoms with Crippen molar-refractivity contribution in [2.45, 2.75) is 6.92 Å². The standard InChI is InChI=1S/C23H17BrN6/c1-13-11-26-22(29-13)15-7-5-14(6-8-15)19-10-18(16-3-2-4-17(24)9-16)20-21(25)27-12-28-23(20)30-19/h2-12H,1H3,(H,26,29)(H2,25,27,28,30). The molecule has 0 saturated heterocycles. The minimum atomic E-state index is 0.414. The number of hydrogen-bond acceptors (Lipinski definition) is 5. The molecular formula is C23H17BrN6. The Bertz CT molecular complexity index is 1370. The summed E-state index contributed by atoms with van der Waals surface area (Å²) in [5, 5.41) is 0.752. The number of halogens is 1. The number of aromatic nitrogens is 5. The SMILES string of the molecule is Cc1cnc(-c2ccc(-c3cc(-c4cccc(Br)c4)c4c(N)ncnc4n3)cc2)[nH]1. The molecule has 5 rings (SSSR count). The zero-order valence-electron chi connectivity index (χ0n) is 16.1. The molecule has 0 radical (unpaired) electrons. The fourth-order valence-corrected chi connectivity index (χ4v) is 3.88. The van der Waals surface area contributed by atoms with Crippen LogP contribution in [0.1, 0.15) is 5.69 Å². The molecule has 0 amide bonds. The van der Waals surface area contributed by atoms with Crippen LogP contribution in [-0.4, -0.2) is 24.9 Å². The Morgan fingerprint density at radius 2 is 1.70 bits per heavy atom. The molecule has 0 bridgehead atoms. The van der Waals surface area contributed by atoms with E-state index in [1.54, 1.807) is 0 Å². The summed E-state index contributed by atoms with van der Waals surface area (Å²) in [7, 11) is 0. The van der Waals surface area contributed by atoms with Crippen molar-refractivity contribution in [1.82, 2.24) is 24.9 Å². The van der Waals surface area contributed by atoms with Crippen LogP contribution in [0.5, 0.6) is 0 Å². The number of benzene rings is 2. The lowest BCUT2D eigenvalue weighted by Crippen LogP contribution is -1.98. The second-order valence-corrected chi connectivity index (χ2v) is 7.93. The van der Waals surface area contributed by atoms with Gasteiger partial charge in [-0.3, -0.25) is 0 Å². The van der Waals surface area contributed by atoms with Gasteiger partial charge in [-0.1, -0.05) is 52.3 Å². The fourth-order valence-electron chi connectivity index (χ4n) is 3.48. The van der Waals surface area contributed by atoms with Crippen LogP contribution in [-0.2, 0) is 0 Å². The van der Waals surface area contributed by atoms with Gasteiger partial charge in [0, 0.05) is 27.5 Å². The summed E-state index contributed by atoms with van der Waals surface area (Å²) in [5.41, 5.74) is 12.6. The Balaban J connectivity index is 1.67. The number of H-pyrrole nitrogens is 1. The molecule has 3 heterocycles. The number of nitrogens with zero attached hydrogens (tertiary/aromatic N) is 4. The van der Waals surface area contributed by atoms with E-state index in [-0.39, 0.29) is 0 Å². The summed E-state index contributed by atoms with van der Waals surface area (Å²) >= 11 is 3.55. The van der Waals surface area contributed by atoms with Gasteiger partial charge in [0.2, 0.25) is 0 Å². The van der Waals surface area contributed by atoms with Gasteiger partial charge in [-0.25, -0.2) is 19.9 Å². The molecule has 0 aliphatic rings. The predicted octanol–water partition coefficient (Wildman–Crippen LogP) is 5.40. The van der Waals surface area contributed by atoms with Gasteiger partial charge in [-0.15, -0.1) is 0 Å². The number of hydrogen-bond donors (Lipinski definition) is 2. The van der Waals surface area contributed by atoms with Crippen LogP contribution >= 0.6 is 15.9 Å². The first kappa shape index (κ1) is 18.4. The van der Waals surface area contributed by atoms with Gasteiger partial charge in [0.05, 0.1) is 11.1 Å². The third-order valence-electron chi connectivity index (χ3n) is 4.93. The van der Waals surface area contributed by atoms with Crippen molar-refractivity contribution in [2.24, 2.45) is 0 Å². The van der Waals surface area contributed by atoms with Crippen LogP contribution < -0.4 is 5.73 Å². The van der Waals surface area contributed by atoms with E-state index < -0.39 is 0 Å². The van der Waals surface area contributed by atoms with Crippen LogP contribution in [0.15, 0.2) is 71.6 Å². The second-order valence-electron chi connectivity index (χ2n) is 7.02. The largest absolute Gasteiger partial charge is 0.383 e. The number of aromatic amines is 1. The van der Waals surface area contributed by atoms with Gasteiger partial charge in [-0.05, 0) is 36.2 Å². The van der Waals surface area contributed by atoms with Crippen molar-refractivity contribution in [3.05, 3.63) is 77.3 Å². The van der Waals surface area contributed by atoms with Gasteiger partial charge in [-0.2, -0.15) is 0 Å². The van der Waals surface area contributed by atoms with Crippen molar-refractivity contribution >= 4 is 32.8 Å². The normalized spacial score (nSPS) is 11.1. The number of imidazole rings is 1. The lowest BCUT2D eigenvalue weighted by molar-refractivity contribution is 1.19. The number of nitrogens with one attached hydrogen (secondary N) is 1. The van der Waals surface area contributed by atoms with Crippen molar-refractivity contribution in [1.29, 1.82) is 0 Å². The van der Waals surface area contributed by atoms with E-state index in [0.29, 0.717) is 11.5 Å². The number of aryl methyl sites for hydroxylation is 1. The maximum Gasteiger partial charge on any atom is 0.165 e. The molecule has 6 nitrogen and oxygen atoms in total. The molecule has 0 saturated carbocycles. The van der Waals surface area contributed by atoms with E-state index in [1.165, 1.54) is 6.33 Å². The average molecular weight is 457 g/mol. The number of nitrogen functional groups attached to an aromatic ring is 1. The summed E-state index contributed by atoms with van der Waals surface area (Å²) in [6, 6.07) is 18.3. The highest BCUT2D eigenvalue weighted by molar-refractivity contribution is 9.10. The van der Waals surface area contributed by atoms with Crippen LogP contribution in [0, 0.1) is 6.92 Å². The molecule has 2 aromatic carbocycles. The molecular weight excluding hydrogens is 440 g/mol. The highest BCUT2D eigenvalue weighted by atomic mass is 79.9. The molecule has 0 fully saturated rings. The lowest BCUT2D eigenvalue weighted by Gasteiger charge is -2.11. The molecule has 3 N–H and O–H groups in total. The average Bonchev–Trinajstić information content (AvgIpc) is 3.19. The minimum absolute atomic E-state index is 0.414. The monoisotopic (exact) mass is 456 g/mol. The van der Waals surface area contributed by atoms with Crippen LogP contribution in [0.2, 0.25) is 0 Å². The van der Waals surface area contributed by atoms with Gasteiger partial charge in [0.15, 0.2) is 5.65 Å². The van der Waals surface area contributed by atoms with Gasteiger partial charge < -0.3 is 10.7 Å². The molecule has 7 heteroatoms. The van der Waals surface area contributed by atoms with Crippen molar-refractivity contribution < 1.29 is 0 Å². The molecule has 5 aromatic rings. The molecule has 0 aliphatic heterocycles. The van der Waals surface area contributed by atoms with Crippen molar-refractivity contribution in [2.75, 3.05) is 5.73 Å². The molecule has 146 valence electrons. The predicted molar refractivity (Wildman–Crippen MR) is 123 cm³/mol. The van der Waals surface area contributed by atoms with Gasteiger partial charge in [0.25, 0.3) is 0 Å². The summed E-state index contributed by atoms with van der Waals surface area (Å²) in [5.74, 6) is 1.26. The number of anilines is 1. The van der Waals surface area contributed by atoms with Crippen molar-refractivity contribution in [3.63, 3.8) is 0 Å². The summed E-state index contributed by atoms with van der Waals surface area (Å²) in [6.07, 6.45) is 3.27. The Labute approximate surface area is 181 Å². The Hall–Kier alpha value is -3.58. The first-order valence-corrected chi connectivity index (χ1v) is 10.2. The highest BCUT2D eigenvalue weighted by Crippen LogP contribution is 2.35. The lowest BCUT2D eigenvalue weighted by atomic mass is 9.99. The van der Waals surface area contributed by atoms with Crippen LogP contribution in [0.3, 0.4) is 0 Å². The van der Waals surface area contributed by atoms with E-state index in [0.717, 1.165) is 49.3 Å². The van der Waals surface area contributed by atoms with E-state index in [9.17, 15) is 0 Å². The molecule has 0 spiro atoms. The summed E-state index contributed by atoms with van der Waals surface area (Å²) < 4.78 is 0.986. The van der Waals surface area contributed by atoms with Crippen molar-refractivity contribution in [3.8, 4) is 33.8 Å². The minimum Gasteiger partial charge on any atom is -0.383 e. The smallest absolute Gasteiger partial charge is 0.165 e. The third-order valence-corrected chi connectivity index (χ3v) is 5.42. The number of nitrogens with two attached hydrogens (primary N) is 1. The summed E-state index contributed by atoms with van der Waals surface area (Å²) in [4.78, 5) is 21.0. The topological polar surface area (TPSA) is 93.4 Å². The molecule has 0 atom stereocenters. The molecule has 30 heavy (non-hydrogen) atoms. The number of pyridine rings is 1. The molecule has 0 unspecified atom stereocenters. The zero-order chi connectivity index (χ0) is 20.7. The number of rotatable bonds is 3. The summed E-state index contributed by atoms with van der Waals surface area (Å²) in [6.45, 7) is 1.99. The quantitative estimate of drug-likeness (QED) is 0.378. The van der Waals surface area contributed by atoms with Crippen LogP contribution in [0.4, 0.5) is 5.82 Å². The zero-order valence-corrected chi connectivity index (χ0v) is 17.7. The molecule has 3 aromatic heterocycles. The Morgan fingerprint density at radius 3 is 2.43 bits per heavy atom. The van der Waals surface area contributed by atoms with E-state index >= 15 is 0 Å². The molecule has 0 aliphatic carbocycles. The maximum absolute atomic E-state index is 6.19. The Kier molecular flexibility index (Phi) is 4.52. The van der Waals surface area contributed by atoms with Crippen LogP contribution in [0.25, 0.3) is 44.8 Å². The number of fused-ring (bicyclic) bond motifs is 1. The second kappa shape index (κ2) is 7.35. The Morgan fingerprint density at radius 1 is 0.900 bits per heavy atom. The third kappa shape index (κ3) is 3.33. The first-order chi connectivity index (χ1) is 14.6. The maximum atomic E-state index is 6.19.